The van der Waals surface area contributed by atoms with Crippen molar-refractivity contribution in [3.8, 4) is 0 Å². The van der Waals surface area contributed by atoms with Gasteiger partial charge in [0.05, 0.1) is 26.4 Å². The lowest BCUT2D eigenvalue weighted by molar-refractivity contribution is -0.161. The SMILES string of the molecule is CCCCCCCCCCCCCCCCCCCCCCCCC(=O)O[C@H](COC(=O)CCCCCCCCCCCCCCCCCCCCC)COP(=O)(O)OC[C@@H](O)COP(=O)(O)OC[C@@H](COC(=O)CCCCCCCCCCCC)OC(=O)CCCCCCCCCCCCCCCCCCCCC. The molecule has 0 bridgehead atoms. The highest BCUT2D eigenvalue weighted by Gasteiger charge is 2.31. The second-order valence-corrected chi connectivity index (χ2v) is 35.6. The zero-order valence-electron chi connectivity index (χ0n) is 72.3. The number of hydrogen-bond donors (Lipinski definition) is 3. The summed E-state index contributed by atoms with van der Waals surface area (Å²) in [7, 11) is -9.93. The van der Waals surface area contributed by atoms with Crippen LogP contribution in [-0.4, -0.2) is 96.7 Å². The van der Waals surface area contributed by atoms with Gasteiger partial charge in [-0.3, -0.25) is 37.3 Å². The van der Waals surface area contributed by atoms with Crippen LogP contribution in [0.15, 0.2) is 0 Å². The maximum Gasteiger partial charge on any atom is 0.472 e. The summed E-state index contributed by atoms with van der Waals surface area (Å²) in [6, 6.07) is 0. The molecule has 0 aromatic rings. The molecule has 0 aliphatic rings. The van der Waals surface area contributed by atoms with Gasteiger partial charge in [-0.2, -0.15) is 0 Å². The first-order valence-corrected chi connectivity index (χ1v) is 50.3. The molecule has 0 amide bonds. The van der Waals surface area contributed by atoms with Crippen molar-refractivity contribution >= 4 is 39.5 Å². The standard InChI is InChI=1S/C91H178O17P2/c1-5-9-13-17-21-25-29-32-35-38-41-42-43-46-49-52-55-58-62-66-70-74-78-91(96)108-87(82-102-89(94)76-72-68-64-60-56-53-50-47-44-39-36-33-30-26-22-18-14-10-6-2)84-106-110(99,100)104-80-85(92)79-103-109(97,98)105-83-86(81-101-88(93)75-71-67-63-59-28-24-20-16-12-8-4)107-90(95)77-73-69-65-61-57-54-51-48-45-40-37-34-31-27-23-19-15-11-7-3/h85-87,92H,5-84H2,1-4H3,(H,97,98)(H,99,100)/t85-,86+,87+/m0/s1. The number of carbonyl (C=O) groups excluding carboxylic acids is 4. The average molecular weight is 1610 g/mol. The summed E-state index contributed by atoms with van der Waals surface area (Å²) in [5.74, 6) is -2.09. The zero-order chi connectivity index (χ0) is 80.3. The molecule has 0 heterocycles. The molecule has 17 nitrogen and oxygen atoms in total. The number of carbonyl (C=O) groups is 4. The Kier molecular flexibility index (Phi) is 83.5. The summed E-state index contributed by atoms with van der Waals surface area (Å²) in [4.78, 5) is 73.4. The lowest BCUT2D eigenvalue weighted by Crippen LogP contribution is -2.30. The van der Waals surface area contributed by atoms with Gasteiger partial charge in [0, 0.05) is 25.7 Å². The molecule has 0 rings (SSSR count). The van der Waals surface area contributed by atoms with E-state index in [1.165, 1.54) is 334 Å². The topological polar surface area (TPSA) is 237 Å². The first-order valence-electron chi connectivity index (χ1n) is 47.3. The number of aliphatic hydroxyl groups excluding tert-OH is 1. The van der Waals surface area contributed by atoms with Crippen LogP contribution in [0, 0.1) is 0 Å². The molecule has 0 saturated heterocycles. The van der Waals surface area contributed by atoms with E-state index in [4.69, 9.17) is 37.0 Å². The van der Waals surface area contributed by atoms with E-state index in [2.05, 4.69) is 27.7 Å². The van der Waals surface area contributed by atoms with Crippen molar-refractivity contribution in [2.24, 2.45) is 0 Å². The summed E-state index contributed by atoms with van der Waals surface area (Å²) in [6.45, 7) is 5.08. The molecule has 654 valence electrons. The molecule has 0 aromatic heterocycles. The second-order valence-electron chi connectivity index (χ2n) is 32.7. The number of aliphatic hydroxyl groups is 1. The van der Waals surface area contributed by atoms with Crippen molar-refractivity contribution in [3.05, 3.63) is 0 Å². The highest BCUT2D eigenvalue weighted by molar-refractivity contribution is 7.47. The van der Waals surface area contributed by atoms with Gasteiger partial charge >= 0.3 is 39.5 Å². The van der Waals surface area contributed by atoms with E-state index >= 15 is 0 Å². The average Bonchev–Trinajstić information content (AvgIpc) is 0.899. The lowest BCUT2D eigenvalue weighted by atomic mass is 10.0. The molecule has 0 radical (unpaired) electrons. The molecular formula is C91H178O17P2. The van der Waals surface area contributed by atoms with Crippen molar-refractivity contribution in [1.29, 1.82) is 0 Å². The van der Waals surface area contributed by atoms with E-state index in [0.717, 1.165) is 89.9 Å². The van der Waals surface area contributed by atoms with Crippen LogP contribution in [0.3, 0.4) is 0 Å². The fourth-order valence-corrected chi connectivity index (χ4v) is 16.0. The molecular weight excluding hydrogens is 1430 g/mol. The Balaban J connectivity index is 5.20. The molecule has 0 fully saturated rings. The van der Waals surface area contributed by atoms with Gasteiger partial charge in [0.2, 0.25) is 0 Å². The number of unbranched alkanes of at least 4 members (excludes halogenated alkanes) is 66. The van der Waals surface area contributed by atoms with Gasteiger partial charge in [0.15, 0.2) is 12.2 Å². The molecule has 0 aliphatic carbocycles. The third-order valence-corrected chi connectivity index (χ3v) is 23.5. The number of ether oxygens (including phenoxy) is 4. The minimum Gasteiger partial charge on any atom is -0.462 e. The predicted octanol–water partition coefficient (Wildman–Crippen LogP) is 28.5. The molecule has 0 spiro atoms. The Morgan fingerprint density at radius 3 is 0.536 bits per heavy atom. The second kappa shape index (κ2) is 85.0. The number of phosphoric ester groups is 2. The van der Waals surface area contributed by atoms with Crippen molar-refractivity contribution in [2.45, 2.75) is 521 Å². The number of esters is 4. The third-order valence-electron chi connectivity index (χ3n) is 21.6. The largest absolute Gasteiger partial charge is 0.472 e. The summed E-state index contributed by atoms with van der Waals surface area (Å²) >= 11 is 0. The minimum atomic E-state index is -4.97. The van der Waals surface area contributed by atoms with Crippen LogP contribution in [0.2, 0.25) is 0 Å². The molecule has 0 saturated carbocycles. The van der Waals surface area contributed by atoms with Crippen LogP contribution in [0.4, 0.5) is 0 Å². The van der Waals surface area contributed by atoms with Crippen LogP contribution < -0.4 is 0 Å². The zero-order valence-corrected chi connectivity index (χ0v) is 74.0. The maximum atomic E-state index is 13.2. The Morgan fingerprint density at radius 2 is 0.364 bits per heavy atom. The highest BCUT2D eigenvalue weighted by Crippen LogP contribution is 2.45. The van der Waals surface area contributed by atoms with E-state index in [1.54, 1.807) is 0 Å². The molecule has 3 N–H and O–H groups in total. The van der Waals surface area contributed by atoms with Gasteiger partial charge in [0.1, 0.15) is 19.3 Å². The Bertz CT molecular complexity index is 2070. The smallest absolute Gasteiger partial charge is 0.462 e. The van der Waals surface area contributed by atoms with Crippen LogP contribution in [0.5, 0.6) is 0 Å². The summed E-state index contributed by atoms with van der Waals surface area (Å²) in [6.07, 6.45) is 82.1. The Hall–Kier alpha value is -1.94. The van der Waals surface area contributed by atoms with E-state index in [-0.39, 0.29) is 25.7 Å². The third kappa shape index (κ3) is 84.0. The first-order chi connectivity index (χ1) is 53.7. The molecule has 5 atom stereocenters. The normalized spacial score (nSPS) is 13.6. The molecule has 2 unspecified atom stereocenters. The van der Waals surface area contributed by atoms with Crippen LogP contribution in [0.1, 0.15) is 503 Å². The van der Waals surface area contributed by atoms with E-state index in [0.29, 0.717) is 25.7 Å². The monoisotopic (exact) mass is 1610 g/mol. The fraction of sp³-hybridized carbons (Fsp3) is 0.956. The first kappa shape index (κ1) is 108. The van der Waals surface area contributed by atoms with Gasteiger partial charge in [-0.05, 0) is 25.7 Å². The Labute approximate surface area is 677 Å². The summed E-state index contributed by atoms with van der Waals surface area (Å²) < 4.78 is 69.0. The van der Waals surface area contributed by atoms with Gasteiger partial charge in [0.25, 0.3) is 0 Å². The van der Waals surface area contributed by atoms with Crippen molar-refractivity contribution in [3.63, 3.8) is 0 Å². The minimum absolute atomic E-state index is 0.110. The van der Waals surface area contributed by atoms with Gasteiger partial charge in [-0.1, -0.05) is 451 Å². The Morgan fingerprint density at radius 1 is 0.218 bits per heavy atom. The predicted molar refractivity (Wildman–Crippen MR) is 455 cm³/mol. The number of phosphoric acid groups is 2. The maximum absolute atomic E-state index is 13.2. The van der Waals surface area contributed by atoms with E-state index in [1.807, 2.05) is 0 Å². The van der Waals surface area contributed by atoms with Crippen molar-refractivity contribution < 1.29 is 80.2 Å². The molecule has 19 heteroatoms. The quantitative estimate of drug-likeness (QED) is 0.0222. The molecule has 0 aromatic carbocycles. The number of rotatable bonds is 92. The summed E-state index contributed by atoms with van der Waals surface area (Å²) in [5.41, 5.74) is 0. The molecule has 110 heavy (non-hydrogen) atoms. The van der Waals surface area contributed by atoms with Gasteiger partial charge in [-0.15, -0.1) is 0 Å². The molecule has 0 aliphatic heterocycles. The van der Waals surface area contributed by atoms with Crippen LogP contribution >= 0.6 is 15.6 Å². The van der Waals surface area contributed by atoms with Crippen molar-refractivity contribution in [1.82, 2.24) is 0 Å². The highest BCUT2D eigenvalue weighted by atomic mass is 31.2. The van der Waals surface area contributed by atoms with E-state index in [9.17, 15) is 43.2 Å². The number of hydrogen-bond acceptors (Lipinski definition) is 15. The summed E-state index contributed by atoms with van der Waals surface area (Å²) in [5, 5.41) is 10.7. The lowest BCUT2D eigenvalue weighted by Gasteiger charge is -2.21. The van der Waals surface area contributed by atoms with Crippen LogP contribution in [-0.2, 0) is 65.4 Å². The van der Waals surface area contributed by atoms with Crippen molar-refractivity contribution in [2.75, 3.05) is 39.6 Å². The van der Waals surface area contributed by atoms with Gasteiger partial charge < -0.3 is 33.8 Å². The fourth-order valence-electron chi connectivity index (χ4n) is 14.4. The van der Waals surface area contributed by atoms with E-state index < -0.39 is 97.5 Å². The van der Waals surface area contributed by atoms with Crippen LogP contribution in [0.25, 0.3) is 0 Å². The van der Waals surface area contributed by atoms with Gasteiger partial charge in [-0.25, -0.2) is 9.13 Å².